The zero-order chi connectivity index (χ0) is 23.8. The van der Waals surface area contributed by atoms with Crippen molar-refractivity contribution in [2.45, 2.75) is 45.8 Å². The molecule has 0 N–H and O–H groups in total. The maximum absolute atomic E-state index is 7.96. The summed E-state index contributed by atoms with van der Waals surface area (Å²) in [7, 11) is 0.563. The van der Waals surface area contributed by atoms with Crippen molar-refractivity contribution in [3.8, 4) is 0 Å². The van der Waals surface area contributed by atoms with Crippen molar-refractivity contribution in [2.75, 3.05) is 0 Å². The first-order chi connectivity index (χ1) is 16.5. The summed E-state index contributed by atoms with van der Waals surface area (Å²) in [6, 6.07) is 21.7. The third-order valence-corrected chi connectivity index (χ3v) is 14.2. The van der Waals surface area contributed by atoms with E-state index < -0.39 is 8.07 Å². The largest absolute Gasteiger partial charge is 0.317 e. The lowest BCUT2D eigenvalue weighted by atomic mass is 10.00. The van der Waals surface area contributed by atoms with Crippen LogP contribution in [0.2, 0.25) is 18.1 Å². The maximum atomic E-state index is 7.96. The molecule has 3 nitrogen and oxygen atoms in total. The lowest BCUT2D eigenvalue weighted by molar-refractivity contribution is -0.643. The first-order valence-corrected chi connectivity index (χ1v) is 15.0. The van der Waals surface area contributed by atoms with Crippen molar-refractivity contribution in [3.63, 3.8) is 0 Å². The topological polar surface area (TPSA) is 12.6 Å². The highest BCUT2D eigenvalue weighted by atomic mass is 28.3. The van der Waals surface area contributed by atoms with Crippen molar-refractivity contribution in [3.05, 3.63) is 71.7 Å². The molecule has 4 heteroatoms. The van der Waals surface area contributed by atoms with Gasteiger partial charge in [-0.15, -0.1) is 0 Å². The predicted molar refractivity (Wildman–Crippen MR) is 148 cm³/mol. The summed E-state index contributed by atoms with van der Waals surface area (Å²) in [6.07, 6.45) is 2.22. The Bertz CT molecular complexity index is 1790. The van der Waals surface area contributed by atoms with Gasteiger partial charge in [-0.2, -0.15) is 0 Å². The highest BCUT2D eigenvalue weighted by Gasteiger charge is 2.32. The smallest absolute Gasteiger partial charge is 0.224 e. The molecule has 34 heavy (non-hydrogen) atoms. The van der Waals surface area contributed by atoms with E-state index in [1.807, 2.05) is 12.1 Å². The molecule has 3 heterocycles. The minimum absolute atomic E-state index is 0.726. The van der Waals surface area contributed by atoms with Crippen molar-refractivity contribution in [1.82, 2.24) is 4.40 Å². The monoisotopic (exact) mass is 460 g/mol. The summed E-state index contributed by atoms with van der Waals surface area (Å²) in [5.74, 6) is 0. The molecule has 0 aliphatic rings. The summed E-state index contributed by atoms with van der Waals surface area (Å²) < 4.78 is 4.72. The molecule has 0 bridgehead atoms. The van der Waals surface area contributed by atoms with E-state index in [2.05, 4.69) is 91.2 Å². The van der Waals surface area contributed by atoms with Gasteiger partial charge in [0.05, 0.1) is 42.0 Å². The van der Waals surface area contributed by atoms with E-state index in [0.717, 1.165) is 11.2 Å². The van der Waals surface area contributed by atoms with Crippen LogP contribution in [-0.2, 0) is 7.05 Å². The van der Waals surface area contributed by atoms with E-state index in [9.17, 15) is 0 Å². The van der Waals surface area contributed by atoms with Gasteiger partial charge in [-0.25, -0.2) is 9.41 Å². The standard InChI is InChI=1S/C30H30N3Si/c1-7-34(8-2,9-3)21-17-20-15-16-32(6)30-26-19(4)13-14-23-22-11-10-12-24(31-5)28(22)33(29(23)26)25(18-21)27(20)30/h10-18H,7-9H2,1-4,6H3/q+1. The van der Waals surface area contributed by atoms with Gasteiger partial charge in [-0.05, 0) is 29.3 Å². The Hall–Kier alpha value is -3.42. The van der Waals surface area contributed by atoms with E-state index >= 15 is 0 Å². The molecular formula is C30H30N3Si+. The fourth-order valence-corrected chi connectivity index (χ4v) is 10.1. The van der Waals surface area contributed by atoms with Crippen molar-refractivity contribution in [2.24, 2.45) is 7.05 Å². The molecule has 0 radical (unpaired) electrons. The van der Waals surface area contributed by atoms with Gasteiger partial charge >= 0.3 is 0 Å². The number of pyridine rings is 2. The number of hydrogen-bond acceptors (Lipinski definition) is 0. The number of rotatable bonds is 4. The molecule has 3 aromatic carbocycles. The molecule has 0 atom stereocenters. The first-order valence-electron chi connectivity index (χ1n) is 12.4. The number of hydrogen-bond donors (Lipinski definition) is 0. The SMILES string of the molecule is [C-]#[N+]c1cccc2c3ccc(C)c4c3n(c3cc([Si](CC)(CC)CC)cc5cc[n+](C)c4c53)c12. The van der Waals surface area contributed by atoms with Gasteiger partial charge in [0.15, 0.2) is 6.20 Å². The van der Waals surface area contributed by atoms with Crippen LogP contribution in [0.3, 0.4) is 0 Å². The van der Waals surface area contributed by atoms with Crippen LogP contribution >= 0.6 is 0 Å². The van der Waals surface area contributed by atoms with Crippen LogP contribution in [-0.4, -0.2) is 12.5 Å². The van der Waals surface area contributed by atoms with Gasteiger partial charge in [-0.1, -0.05) is 80.5 Å². The molecule has 0 aliphatic carbocycles. The Balaban J connectivity index is 2.01. The van der Waals surface area contributed by atoms with Crippen LogP contribution in [0.1, 0.15) is 26.3 Å². The molecule has 0 saturated carbocycles. The van der Waals surface area contributed by atoms with Crippen LogP contribution < -0.4 is 9.75 Å². The number of nitrogens with zero attached hydrogens (tertiary/aromatic N) is 3. The quantitative estimate of drug-likeness (QED) is 0.0855. The molecule has 0 fully saturated rings. The molecule has 3 aromatic heterocycles. The molecule has 6 rings (SSSR count). The summed E-state index contributed by atoms with van der Waals surface area (Å²) in [5.41, 5.74) is 6.84. The number of aryl methyl sites for hydroxylation is 2. The minimum Gasteiger partial charge on any atom is -0.317 e. The Labute approximate surface area is 201 Å². The predicted octanol–water partition coefficient (Wildman–Crippen LogP) is 7.39. The average Bonchev–Trinajstić information content (AvgIpc) is 3.21. The fourth-order valence-electron chi connectivity index (χ4n) is 6.49. The molecule has 168 valence electrons. The minimum atomic E-state index is -1.60. The molecule has 0 saturated heterocycles. The third-order valence-electron chi connectivity index (χ3n) is 8.59. The number of fused-ring (bicyclic) bond motifs is 5. The molecule has 0 spiro atoms. The average molecular weight is 461 g/mol. The van der Waals surface area contributed by atoms with Crippen LogP contribution in [0.25, 0.3) is 53.8 Å². The normalized spacial score (nSPS) is 12.6. The van der Waals surface area contributed by atoms with E-state index in [1.54, 1.807) is 5.19 Å². The molecule has 6 aromatic rings. The summed E-state index contributed by atoms with van der Waals surface area (Å²) in [4.78, 5) is 3.97. The molecule has 0 aliphatic heterocycles. The first kappa shape index (κ1) is 21.1. The van der Waals surface area contributed by atoms with Crippen LogP contribution in [0, 0.1) is 13.5 Å². The summed E-state index contributed by atoms with van der Waals surface area (Å²) >= 11 is 0. The number of benzene rings is 3. The Morgan fingerprint density at radius 1 is 0.912 bits per heavy atom. The third kappa shape index (κ3) is 2.48. The highest BCUT2D eigenvalue weighted by Crippen LogP contribution is 2.43. The molecular weight excluding hydrogens is 430 g/mol. The highest BCUT2D eigenvalue weighted by molar-refractivity contribution is 6.92. The summed E-state index contributed by atoms with van der Waals surface area (Å²) in [6.45, 7) is 17.3. The van der Waals surface area contributed by atoms with Gasteiger partial charge in [-0.3, -0.25) is 0 Å². The number of aromatic nitrogens is 2. The zero-order valence-electron chi connectivity index (χ0n) is 20.7. The lowest BCUT2D eigenvalue weighted by Gasteiger charge is -2.29. The molecule has 0 amide bonds. The second-order valence-corrected chi connectivity index (χ2v) is 15.1. The second kappa shape index (κ2) is 7.29. The van der Waals surface area contributed by atoms with Gasteiger partial charge in [0.2, 0.25) is 11.2 Å². The van der Waals surface area contributed by atoms with Crippen molar-refractivity contribution in [1.29, 1.82) is 0 Å². The van der Waals surface area contributed by atoms with Crippen molar-refractivity contribution >= 4 is 67.9 Å². The van der Waals surface area contributed by atoms with Crippen molar-refractivity contribution < 1.29 is 4.57 Å². The van der Waals surface area contributed by atoms with Crippen LogP contribution in [0.4, 0.5) is 5.69 Å². The summed E-state index contributed by atoms with van der Waals surface area (Å²) in [5, 5.41) is 7.87. The van der Waals surface area contributed by atoms with E-state index in [1.165, 1.54) is 67.2 Å². The van der Waals surface area contributed by atoms with Gasteiger partial charge in [0.25, 0.3) is 0 Å². The van der Waals surface area contributed by atoms with Gasteiger partial charge in [0, 0.05) is 11.5 Å². The van der Waals surface area contributed by atoms with E-state index in [0.29, 0.717) is 0 Å². The second-order valence-electron chi connectivity index (χ2n) is 9.85. The zero-order valence-corrected chi connectivity index (χ0v) is 21.7. The van der Waals surface area contributed by atoms with E-state index in [4.69, 9.17) is 6.57 Å². The van der Waals surface area contributed by atoms with E-state index in [-0.39, 0.29) is 0 Å². The maximum Gasteiger partial charge on any atom is 0.224 e. The van der Waals surface area contributed by atoms with Gasteiger partial charge < -0.3 is 4.40 Å². The van der Waals surface area contributed by atoms with Crippen LogP contribution in [0.5, 0.6) is 0 Å². The Morgan fingerprint density at radius 3 is 2.35 bits per heavy atom. The fraction of sp³-hybridized carbons (Fsp3) is 0.267. The van der Waals surface area contributed by atoms with Crippen LogP contribution in [0.15, 0.2) is 54.7 Å². The lowest BCUT2D eigenvalue weighted by Crippen LogP contribution is -2.45. The van der Waals surface area contributed by atoms with Gasteiger partial charge in [0.1, 0.15) is 7.05 Å². The number of para-hydroxylation sites is 1. The Kier molecular flexibility index (Phi) is 4.53. The Morgan fingerprint density at radius 2 is 1.65 bits per heavy atom. The molecule has 0 unspecified atom stereocenters.